The summed E-state index contributed by atoms with van der Waals surface area (Å²) in [7, 11) is 1.63. The number of hydrogen-bond acceptors (Lipinski definition) is 6. The Hall–Kier alpha value is -4.40. The van der Waals surface area contributed by atoms with Gasteiger partial charge >= 0.3 is 5.97 Å². The number of hydrogen-bond donors (Lipinski definition) is 3. The third kappa shape index (κ3) is 5.09. The van der Waals surface area contributed by atoms with E-state index in [0.29, 0.717) is 29.3 Å². The van der Waals surface area contributed by atoms with Crippen molar-refractivity contribution in [3.8, 4) is 5.75 Å². The van der Waals surface area contributed by atoms with E-state index >= 15 is 0 Å². The van der Waals surface area contributed by atoms with Crippen LogP contribution >= 0.6 is 0 Å². The summed E-state index contributed by atoms with van der Waals surface area (Å²) in [6.07, 6.45) is 1.40. The Kier molecular flexibility index (Phi) is 6.21. The number of aryl methyl sites for hydroxylation is 1. The molecule has 9 nitrogen and oxygen atoms in total. The van der Waals surface area contributed by atoms with E-state index in [0.717, 1.165) is 16.9 Å². The van der Waals surface area contributed by atoms with Crippen molar-refractivity contribution in [2.45, 2.75) is 19.9 Å². The number of aliphatic carboxylic acids is 1. The highest BCUT2D eigenvalue weighted by atomic mass is 16.5. The lowest BCUT2D eigenvalue weighted by Gasteiger charge is -2.11. The fourth-order valence-corrected chi connectivity index (χ4v) is 3.34. The average Bonchev–Trinajstić information content (AvgIpc) is 3.21. The number of fused-ring (bicyclic) bond motifs is 1. The van der Waals surface area contributed by atoms with Crippen LogP contribution in [-0.2, 0) is 17.8 Å². The second-order valence-electron chi connectivity index (χ2n) is 7.51. The standard InChI is InChI=1S/C24H23N5O4/c1-15-11-21-25-14-20(24(32)27-18-7-3-16(4-8-18)12-22(30)31)29(21)28-23(15)26-13-17-5-9-19(33-2)10-6-17/h3-11,14H,12-13H2,1-2H3,(H,26,28)(H,27,32)(H,30,31). The van der Waals surface area contributed by atoms with Gasteiger partial charge in [0.05, 0.1) is 19.7 Å². The smallest absolute Gasteiger partial charge is 0.307 e. The zero-order valence-electron chi connectivity index (χ0n) is 18.2. The fourth-order valence-electron chi connectivity index (χ4n) is 3.34. The van der Waals surface area contributed by atoms with Gasteiger partial charge in [0.2, 0.25) is 0 Å². The summed E-state index contributed by atoms with van der Waals surface area (Å²) in [5, 5.41) is 19.6. The highest BCUT2D eigenvalue weighted by Gasteiger charge is 2.15. The second-order valence-corrected chi connectivity index (χ2v) is 7.51. The SMILES string of the molecule is COc1ccc(CNc2nn3c(C(=O)Nc4ccc(CC(=O)O)cc4)cnc3cc2C)cc1. The van der Waals surface area contributed by atoms with E-state index in [9.17, 15) is 9.59 Å². The lowest BCUT2D eigenvalue weighted by Crippen LogP contribution is -2.16. The number of nitrogens with zero attached hydrogens (tertiary/aromatic N) is 3. The summed E-state index contributed by atoms with van der Waals surface area (Å²) in [4.78, 5) is 28.0. The first kappa shape index (κ1) is 21.8. The molecular formula is C24H23N5O4. The number of amides is 1. The van der Waals surface area contributed by atoms with Crippen LogP contribution in [0.5, 0.6) is 5.75 Å². The molecule has 9 heteroatoms. The topological polar surface area (TPSA) is 118 Å². The minimum atomic E-state index is -0.907. The van der Waals surface area contributed by atoms with Gasteiger partial charge in [-0.1, -0.05) is 24.3 Å². The van der Waals surface area contributed by atoms with Gasteiger partial charge in [0.1, 0.15) is 11.6 Å². The number of carbonyl (C=O) groups excluding carboxylic acids is 1. The molecule has 0 aliphatic heterocycles. The first-order valence-corrected chi connectivity index (χ1v) is 10.3. The van der Waals surface area contributed by atoms with Crippen LogP contribution in [0.2, 0.25) is 0 Å². The summed E-state index contributed by atoms with van der Waals surface area (Å²) in [5.74, 6) is 0.157. The maximum Gasteiger partial charge on any atom is 0.307 e. The molecule has 1 amide bonds. The summed E-state index contributed by atoms with van der Waals surface area (Å²) >= 11 is 0. The van der Waals surface area contributed by atoms with Crippen LogP contribution in [0.15, 0.2) is 60.8 Å². The fraction of sp³-hybridized carbons (Fsp3) is 0.167. The number of carboxylic acids is 1. The number of methoxy groups -OCH3 is 1. The summed E-state index contributed by atoms with van der Waals surface area (Å²) in [6.45, 7) is 2.48. The van der Waals surface area contributed by atoms with Crippen LogP contribution < -0.4 is 15.4 Å². The monoisotopic (exact) mass is 445 g/mol. The maximum absolute atomic E-state index is 12.8. The molecule has 0 radical (unpaired) electrons. The Morgan fingerprint density at radius 2 is 1.76 bits per heavy atom. The zero-order valence-corrected chi connectivity index (χ0v) is 18.2. The molecule has 168 valence electrons. The molecule has 0 aliphatic rings. The third-order valence-electron chi connectivity index (χ3n) is 5.10. The minimum Gasteiger partial charge on any atom is -0.497 e. The molecule has 0 saturated carbocycles. The van der Waals surface area contributed by atoms with Gasteiger partial charge in [0.15, 0.2) is 11.3 Å². The maximum atomic E-state index is 12.8. The van der Waals surface area contributed by atoms with Gasteiger partial charge in [-0.25, -0.2) is 9.50 Å². The van der Waals surface area contributed by atoms with Crippen molar-refractivity contribution in [3.63, 3.8) is 0 Å². The highest BCUT2D eigenvalue weighted by molar-refractivity contribution is 6.03. The van der Waals surface area contributed by atoms with Crippen LogP contribution in [0.1, 0.15) is 27.2 Å². The normalized spacial score (nSPS) is 10.7. The van der Waals surface area contributed by atoms with Crippen LogP contribution in [0.4, 0.5) is 11.5 Å². The third-order valence-corrected chi connectivity index (χ3v) is 5.10. The zero-order chi connectivity index (χ0) is 23.4. The predicted molar refractivity (Wildman–Crippen MR) is 124 cm³/mol. The van der Waals surface area contributed by atoms with E-state index < -0.39 is 5.97 Å². The first-order valence-electron chi connectivity index (χ1n) is 10.3. The Balaban J connectivity index is 1.50. The van der Waals surface area contributed by atoms with Crippen LogP contribution in [0.25, 0.3) is 5.65 Å². The quantitative estimate of drug-likeness (QED) is 0.380. The van der Waals surface area contributed by atoms with Gasteiger partial charge in [-0.2, -0.15) is 0 Å². The molecule has 0 spiro atoms. The molecule has 0 atom stereocenters. The number of carbonyl (C=O) groups is 2. The highest BCUT2D eigenvalue weighted by Crippen LogP contribution is 2.18. The molecule has 0 aliphatic carbocycles. The van der Waals surface area contributed by atoms with Crippen LogP contribution in [0.3, 0.4) is 0 Å². The molecular weight excluding hydrogens is 422 g/mol. The van der Waals surface area contributed by atoms with Gasteiger partial charge in [-0.05, 0) is 53.9 Å². The van der Waals surface area contributed by atoms with Crippen molar-refractivity contribution in [3.05, 3.63) is 83.2 Å². The molecule has 0 saturated heterocycles. The van der Waals surface area contributed by atoms with E-state index in [1.54, 1.807) is 31.4 Å². The van der Waals surface area contributed by atoms with Gasteiger partial charge in [0, 0.05) is 12.2 Å². The van der Waals surface area contributed by atoms with E-state index in [-0.39, 0.29) is 18.0 Å². The predicted octanol–water partition coefficient (Wildman–Crippen LogP) is 3.54. The Morgan fingerprint density at radius 1 is 1.06 bits per heavy atom. The van der Waals surface area contributed by atoms with Crippen molar-refractivity contribution in [2.24, 2.45) is 0 Å². The van der Waals surface area contributed by atoms with E-state index in [1.165, 1.54) is 10.7 Å². The van der Waals surface area contributed by atoms with Crippen molar-refractivity contribution in [1.82, 2.24) is 14.6 Å². The van der Waals surface area contributed by atoms with Crippen molar-refractivity contribution >= 4 is 29.0 Å². The summed E-state index contributed by atoms with van der Waals surface area (Å²) < 4.78 is 6.68. The lowest BCUT2D eigenvalue weighted by atomic mass is 10.1. The molecule has 2 heterocycles. The molecule has 0 bridgehead atoms. The molecule has 3 N–H and O–H groups in total. The number of nitrogens with one attached hydrogen (secondary N) is 2. The molecule has 2 aromatic carbocycles. The minimum absolute atomic E-state index is 0.0724. The number of rotatable bonds is 8. The first-order chi connectivity index (χ1) is 15.9. The number of ether oxygens (including phenoxy) is 1. The number of aromatic nitrogens is 3. The van der Waals surface area contributed by atoms with E-state index in [4.69, 9.17) is 9.84 Å². The molecule has 2 aromatic heterocycles. The largest absolute Gasteiger partial charge is 0.497 e. The number of benzene rings is 2. The molecule has 4 aromatic rings. The summed E-state index contributed by atoms with van der Waals surface area (Å²) in [5.41, 5.74) is 4.01. The second kappa shape index (κ2) is 9.39. The van der Waals surface area contributed by atoms with Crippen molar-refractivity contribution in [2.75, 3.05) is 17.7 Å². The summed E-state index contributed by atoms with van der Waals surface area (Å²) in [6, 6.07) is 16.3. The van der Waals surface area contributed by atoms with Crippen molar-refractivity contribution < 1.29 is 19.4 Å². The number of carboxylic acid groups (broad SMARTS) is 1. The van der Waals surface area contributed by atoms with Gasteiger partial charge < -0.3 is 20.5 Å². The van der Waals surface area contributed by atoms with E-state index in [1.807, 2.05) is 37.3 Å². The molecule has 4 rings (SSSR count). The Labute approximate surface area is 190 Å². The van der Waals surface area contributed by atoms with Crippen LogP contribution in [-0.4, -0.2) is 38.7 Å². The molecule has 33 heavy (non-hydrogen) atoms. The Morgan fingerprint density at radius 3 is 2.42 bits per heavy atom. The average molecular weight is 445 g/mol. The molecule has 0 fully saturated rings. The molecule has 0 unspecified atom stereocenters. The number of imidazole rings is 1. The van der Waals surface area contributed by atoms with Gasteiger partial charge in [0.25, 0.3) is 5.91 Å². The van der Waals surface area contributed by atoms with Crippen LogP contribution in [0, 0.1) is 6.92 Å². The lowest BCUT2D eigenvalue weighted by molar-refractivity contribution is -0.136. The van der Waals surface area contributed by atoms with Crippen molar-refractivity contribution in [1.29, 1.82) is 0 Å². The Bertz CT molecular complexity index is 1300. The van der Waals surface area contributed by atoms with E-state index in [2.05, 4.69) is 20.7 Å². The van der Waals surface area contributed by atoms with Gasteiger partial charge in [-0.15, -0.1) is 5.10 Å². The van der Waals surface area contributed by atoms with Gasteiger partial charge in [-0.3, -0.25) is 9.59 Å². The number of anilines is 2.